The number of rotatable bonds is 2. The van der Waals surface area contributed by atoms with Gasteiger partial charge in [0.05, 0.1) is 35.3 Å². The largest absolute Gasteiger partial charge is 1.00 e. The summed E-state index contributed by atoms with van der Waals surface area (Å²) in [5.74, 6) is 0. The van der Waals surface area contributed by atoms with Crippen LogP contribution in [0.4, 0.5) is 0 Å². The zero-order valence-electron chi connectivity index (χ0n) is 17.8. The van der Waals surface area contributed by atoms with Crippen molar-refractivity contribution in [3.63, 3.8) is 0 Å². The Bertz CT molecular complexity index is 376. The lowest BCUT2D eigenvalue weighted by Crippen LogP contribution is -3.00. The fourth-order valence-electron chi connectivity index (χ4n) is 2.15. The lowest BCUT2D eigenvalue weighted by atomic mass is 9.88. The third-order valence-corrected chi connectivity index (χ3v) is 2.85. The first-order valence-electron chi connectivity index (χ1n) is 9.23. The van der Waals surface area contributed by atoms with E-state index in [1.165, 1.54) is 14.1 Å². The molecule has 14 heavy (non-hydrogen) atoms. The Balaban J connectivity index is 0.00000484. The van der Waals surface area contributed by atoms with Crippen LogP contribution in [0.1, 0.15) is 38.0 Å². The minimum atomic E-state index is -2.75. The van der Waals surface area contributed by atoms with Crippen LogP contribution in [-0.2, 0) is 0 Å². The molecule has 1 rings (SSSR count). The molecule has 0 spiro atoms. The SMILES string of the molecule is [2H]C([2H])([2H])N(C)[C@@H]1CCCC[C@H]1[N+](C)(C([2H])([2H])[2H])C([2H])([2H])[2H].[I-]. The molecule has 1 aliphatic rings. The van der Waals surface area contributed by atoms with Crippen molar-refractivity contribution in [3.8, 4) is 0 Å². The quantitative estimate of drug-likeness (QED) is 0.445. The van der Waals surface area contributed by atoms with Crippen molar-refractivity contribution in [2.75, 3.05) is 35.0 Å². The van der Waals surface area contributed by atoms with E-state index in [1.807, 2.05) is 0 Å². The van der Waals surface area contributed by atoms with Crippen molar-refractivity contribution in [2.45, 2.75) is 37.8 Å². The molecule has 0 bridgehead atoms. The van der Waals surface area contributed by atoms with E-state index < -0.39 is 37.5 Å². The summed E-state index contributed by atoms with van der Waals surface area (Å²) in [6.45, 7) is -7.88. The minimum Gasteiger partial charge on any atom is -1.00 e. The van der Waals surface area contributed by atoms with E-state index >= 15 is 0 Å². The maximum absolute atomic E-state index is 7.75. The monoisotopic (exact) mass is 321 g/mol. The summed E-state index contributed by atoms with van der Waals surface area (Å²) < 4.78 is 68.1. The second-order valence-electron chi connectivity index (χ2n) is 4.11. The van der Waals surface area contributed by atoms with Crippen LogP contribution in [0.25, 0.3) is 0 Å². The molecule has 0 amide bonds. The smallest absolute Gasteiger partial charge is 0.104 e. The Morgan fingerprint density at radius 3 is 2.50 bits per heavy atom. The molecule has 3 heteroatoms. The van der Waals surface area contributed by atoms with Gasteiger partial charge in [0.15, 0.2) is 0 Å². The van der Waals surface area contributed by atoms with Crippen molar-refractivity contribution in [2.24, 2.45) is 0 Å². The van der Waals surface area contributed by atoms with Crippen LogP contribution in [-0.4, -0.2) is 56.5 Å². The predicted octanol–water partition coefficient (Wildman–Crippen LogP) is -1.43. The van der Waals surface area contributed by atoms with E-state index in [9.17, 15) is 0 Å². The molecule has 0 radical (unpaired) electrons. The Morgan fingerprint density at radius 1 is 1.29 bits per heavy atom. The summed E-state index contributed by atoms with van der Waals surface area (Å²) in [7, 11) is 2.62. The summed E-state index contributed by atoms with van der Waals surface area (Å²) in [5.41, 5.74) is 0. The van der Waals surface area contributed by atoms with Crippen molar-refractivity contribution in [3.05, 3.63) is 0 Å². The third kappa shape index (κ3) is 3.66. The molecular weight excluding hydrogens is 287 g/mol. The zero-order chi connectivity index (χ0) is 17.6. The molecule has 0 aromatic carbocycles. The molecule has 86 valence electrons. The molecule has 0 saturated heterocycles. The van der Waals surface area contributed by atoms with Crippen LogP contribution in [0.15, 0.2) is 0 Å². The highest BCUT2D eigenvalue weighted by Crippen LogP contribution is 2.27. The lowest BCUT2D eigenvalue weighted by molar-refractivity contribution is -0.899. The fourth-order valence-corrected chi connectivity index (χ4v) is 2.15. The highest BCUT2D eigenvalue weighted by molar-refractivity contribution is 4.81. The first-order chi connectivity index (χ1) is 9.64. The van der Waals surface area contributed by atoms with Gasteiger partial charge in [-0.15, -0.1) is 0 Å². The van der Waals surface area contributed by atoms with Gasteiger partial charge in [0, 0.05) is 10.5 Å². The van der Waals surface area contributed by atoms with Crippen LogP contribution in [0.3, 0.4) is 0 Å². The van der Waals surface area contributed by atoms with E-state index in [-0.39, 0.29) is 24.0 Å². The van der Waals surface area contributed by atoms with E-state index in [0.29, 0.717) is 19.3 Å². The fraction of sp³-hybridized carbons (Fsp3) is 1.00. The second kappa shape index (κ2) is 5.66. The molecule has 0 unspecified atom stereocenters. The van der Waals surface area contributed by atoms with E-state index in [1.54, 1.807) is 0 Å². The summed E-state index contributed by atoms with van der Waals surface area (Å²) in [6.07, 6.45) is 2.34. The highest BCUT2D eigenvalue weighted by Gasteiger charge is 2.35. The molecular formula is C11H25IN2. The minimum absolute atomic E-state index is 0. The van der Waals surface area contributed by atoms with Gasteiger partial charge < -0.3 is 33.4 Å². The molecule has 2 atom stereocenters. The molecule has 0 aromatic heterocycles. The number of quaternary nitrogens is 1. The van der Waals surface area contributed by atoms with Gasteiger partial charge in [-0.25, -0.2) is 0 Å². The molecule has 0 aromatic rings. The third-order valence-electron chi connectivity index (χ3n) is 2.85. The standard InChI is InChI=1S/C11H25N2.HI/c1-12(2)10-8-6-7-9-11(10)13(3,4)5;/h10-11H,6-9H2,1-5H3;1H/q+1;/p-1/t10-,11-;/m1./s1/i1D3,3D3,4D3;. The van der Waals surface area contributed by atoms with E-state index in [2.05, 4.69) is 0 Å². The van der Waals surface area contributed by atoms with Crippen molar-refractivity contribution < 1.29 is 40.8 Å². The van der Waals surface area contributed by atoms with Gasteiger partial charge in [0.2, 0.25) is 0 Å². The first kappa shape index (κ1) is 5.32. The molecule has 1 fully saturated rings. The molecule has 1 aliphatic carbocycles. The molecule has 0 aliphatic heterocycles. The number of nitrogens with zero attached hydrogens (tertiary/aromatic N) is 2. The second-order valence-corrected chi connectivity index (χ2v) is 4.11. The number of hydrogen-bond donors (Lipinski definition) is 0. The summed E-state index contributed by atoms with van der Waals surface area (Å²) >= 11 is 0. The average molecular weight is 321 g/mol. The number of likely N-dealkylation sites (N-methyl/N-ethyl adjacent to an activating group) is 2. The van der Waals surface area contributed by atoms with Gasteiger partial charge in [0.1, 0.15) is 6.04 Å². The number of halogens is 1. The van der Waals surface area contributed by atoms with Crippen LogP contribution in [0.2, 0.25) is 0 Å². The Kier molecular flexibility index (Phi) is 2.15. The van der Waals surface area contributed by atoms with Crippen molar-refractivity contribution in [1.82, 2.24) is 4.90 Å². The molecule has 1 saturated carbocycles. The van der Waals surface area contributed by atoms with Crippen LogP contribution in [0.5, 0.6) is 0 Å². The van der Waals surface area contributed by atoms with E-state index in [4.69, 9.17) is 12.3 Å². The molecule has 0 heterocycles. The van der Waals surface area contributed by atoms with Gasteiger partial charge in [-0.2, -0.15) is 0 Å². The average Bonchev–Trinajstić information content (AvgIpc) is 2.33. The Morgan fingerprint density at radius 2 is 1.93 bits per heavy atom. The summed E-state index contributed by atoms with van der Waals surface area (Å²) in [5, 5.41) is 0. The van der Waals surface area contributed by atoms with Crippen molar-refractivity contribution >= 4 is 0 Å². The predicted molar refractivity (Wildman–Crippen MR) is 57.8 cm³/mol. The van der Waals surface area contributed by atoms with Gasteiger partial charge in [-0.05, 0) is 26.9 Å². The first-order valence-corrected chi connectivity index (χ1v) is 4.73. The zero-order valence-corrected chi connectivity index (χ0v) is 10.9. The van der Waals surface area contributed by atoms with Crippen LogP contribution in [0, 0.1) is 0 Å². The maximum Gasteiger partial charge on any atom is 0.104 e. The molecule has 2 nitrogen and oxygen atoms in total. The summed E-state index contributed by atoms with van der Waals surface area (Å²) in [6, 6.07) is -1.38. The normalized spacial score (nSPS) is 40.9. The summed E-state index contributed by atoms with van der Waals surface area (Å²) in [4.78, 5) is 1.16. The Labute approximate surface area is 119 Å². The maximum atomic E-state index is 7.75. The highest BCUT2D eigenvalue weighted by atomic mass is 127. The van der Waals surface area contributed by atoms with Gasteiger partial charge in [-0.1, -0.05) is 6.42 Å². The van der Waals surface area contributed by atoms with Gasteiger partial charge in [0.25, 0.3) is 0 Å². The van der Waals surface area contributed by atoms with Gasteiger partial charge in [-0.3, -0.25) is 0 Å². The van der Waals surface area contributed by atoms with E-state index in [0.717, 1.165) is 11.3 Å². The Hall–Kier alpha value is 0.650. The van der Waals surface area contributed by atoms with Crippen LogP contribution < -0.4 is 24.0 Å². The van der Waals surface area contributed by atoms with Gasteiger partial charge >= 0.3 is 0 Å². The number of hydrogen-bond acceptors (Lipinski definition) is 1. The topological polar surface area (TPSA) is 3.24 Å². The van der Waals surface area contributed by atoms with Crippen LogP contribution >= 0.6 is 0 Å². The molecule has 0 N–H and O–H groups in total. The lowest BCUT2D eigenvalue weighted by Gasteiger charge is -2.44. The van der Waals surface area contributed by atoms with Crippen molar-refractivity contribution in [1.29, 1.82) is 0 Å².